The van der Waals surface area contributed by atoms with Crippen LogP contribution in [-0.4, -0.2) is 9.13 Å². The van der Waals surface area contributed by atoms with Gasteiger partial charge in [-0.3, -0.25) is 10.1 Å². The van der Waals surface area contributed by atoms with Crippen LogP contribution < -0.4 is 10.1 Å². The first-order valence-electron chi connectivity index (χ1n) is 3.35. The number of hydrogen-bond acceptors (Lipinski definition) is 6. The van der Waals surface area contributed by atoms with E-state index < -0.39 is 16.3 Å². The van der Waals surface area contributed by atoms with Crippen molar-refractivity contribution >= 4 is 17.0 Å². The van der Waals surface area contributed by atoms with Crippen LogP contribution in [0.15, 0.2) is 24.3 Å². The molecule has 1 aromatic rings. The van der Waals surface area contributed by atoms with Crippen LogP contribution in [0.5, 0.6) is 5.75 Å². The zero-order valence-corrected chi connectivity index (χ0v) is 7.60. The van der Waals surface area contributed by atoms with Crippen LogP contribution in [0.1, 0.15) is 0 Å². The molecular formula is C6H6N2O5S. The molecule has 0 aliphatic carbocycles. The quantitative estimate of drug-likeness (QED) is 0.580. The number of non-ortho nitro benzene ring substituents is 1. The van der Waals surface area contributed by atoms with E-state index in [0.717, 1.165) is 0 Å². The average molecular weight is 218 g/mol. The van der Waals surface area contributed by atoms with E-state index in [0.29, 0.717) is 0 Å². The smallest absolute Gasteiger partial charge is 0.377 e. The van der Waals surface area contributed by atoms with Crippen molar-refractivity contribution in [1.29, 1.82) is 0 Å². The summed E-state index contributed by atoms with van der Waals surface area (Å²) in [7, 11) is 0. The van der Waals surface area contributed by atoms with Crippen LogP contribution in [0, 0.1) is 10.1 Å². The van der Waals surface area contributed by atoms with Gasteiger partial charge < -0.3 is 4.18 Å². The second-order valence-electron chi connectivity index (χ2n) is 2.13. The minimum atomic E-state index is -2.09. The van der Waals surface area contributed by atoms with Crippen molar-refractivity contribution in [2.24, 2.45) is 5.90 Å². The lowest BCUT2D eigenvalue weighted by molar-refractivity contribution is -0.384. The van der Waals surface area contributed by atoms with Crippen LogP contribution in [0.2, 0.25) is 0 Å². The van der Waals surface area contributed by atoms with Gasteiger partial charge in [-0.1, -0.05) is 0 Å². The summed E-state index contributed by atoms with van der Waals surface area (Å²) >= 11 is -2.09. The zero-order valence-electron chi connectivity index (χ0n) is 6.78. The van der Waals surface area contributed by atoms with E-state index in [1.54, 1.807) is 0 Å². The molecule has 2 N–H and O–H groups in total. The lowest BCUT2D eigenvalue weighted by Gasteiger charge is -2.00. The molecule has 1 unspecified atom stereocenters. The first-order valence-corrected chi connectivity index (χ1v) is 4.35. The molecule has 1 aromatic carbocycles. The number of hydrogen-bond donors (Lipinski definition) is 1. The molecule has 0 bridgehead atoms. The molecule has 76 valence electrons. The van der Waals surface area contributed by atoms with E-state index in [1.165, 1.54) is 24.3 Å². The fourth-order valence-corrected chi connectivity index (χ4v) is 1.03. The van der Waals surface area contributed by atoms with E-state index in [1.807, 2.05) is 0 Å². The largest absolute Gasteiger partial charge is 0.379 e. The Balaban J connectivity index is 2.73. The molecule has 0 heterocycles. The first kappa shape index (κ1) is 10.6. The molecule has 0 aliphatic rings. The highest BCUT2D eigenvalue weighted by Gasteiger charge is 2.06. The standard InChI is InChI=1S/C6H6N2O5S/c7-13-14(11)12-6-3-1-5(2-4-6)8(9)10/h1-4H,7H2. The van der Waals surface area contributed by atoms with Gasteiger partial charge in [0, 0.05) is 12.1 Å². The summed E-state index contributed by atoms with van der Waals surface area (Å²) in [5.74, 6) is 4.73. The molecular weight excluding hydrogens is 212 g/mol. The Hall–Kier alpha value is -1.51. The van der Waals surface area contributed by atoms with Gasteiger partial charge in [-0.15, -0.1) is 0 Å². The maximum atomic E-state index is 10.6. The molecule has 8 heteroatoms. The lowest BCUT2D eigenvalue weighted by atomic mass is 10.3. The van der Waals surface area contributed by atoms with Crippen LogP contribution >= 0.6 is 0 Å². The number of nitro benzene ring substituents is 1. The number of nitrogens with zero attached hydrogens (tertiary/aromatic N) is 1. The molecule has 14 heavy (non-hydrogen) atoms. The highest BCUT2D eigenvalue weighted by Crippen LogP contribution is 2.17. The summed E-state index contributed by atoms with van der Waals surface area (Å²) in [5.41, 5.74) is -0.0863. The molecule has 1 atom stereocenters. The van der Waals surface area contributed by atoms with Gasteiger partial charge in [0.15, 0.2) is 0 Å². The molecule has 0 aliphatic heterocycles. The maximum Gasteiger partial charge on any atom is 0.377 e. The number of nitrogens with two attached hydrogens (primary N) is 1. The zero-order chi connectivity index (χ0) is 10.6. The van der Waals surface area contributed by atoms with Crippen molar-refractivity contribution in [3.05, 3.63) is 34.4 Å². The predicted octanol–water partition coefficient (Wildman–Crippen LogP) is 0.443. The van der Waals surface area contributed by atoms with Gasteiger partial charge in [-0.05, 0) is 12.1 Å². The van der Waals surface area contributed by atoms with E-state index in [-0.39, 0.29) is 11.4 Å². The molecule has 0 fully saturated rings. The van der Waals surface area contributed by atoms with Crippen molar-refractivity contribution in [2.45, 2.75) is 0 Å². The van der Waals surface area contributed by atoms with Gasteiger partial charge in [0.25, 0.3) is 5.69 Å². The van der Waals surface area contributed by atoms with Gasteiger partial charge in [0.2, 0.25) is 0 Å². The third-order valence-electron chi connectivity index (χ3n) is 1.29. The number of rotatable bonds is 4. The molecule has 0 spiro atoms. The molecule has 1 rings (SSSR count). The minimum absolute atomic E-state index is 0.0863. The van der Waals surface area contributed by atoms with E-state index in [2.05, 4.69) is 14.4 Å². The first-order chi connectivity index (χ1) is 6.63. The Kier molecular flexibility index (Phi) is 3.51. The van der Waals surface area contributed by atoms with Crippen LogP contribution in [0.3, 0.4) is 0 Å². The van der Waals surface area contributed by atoms with Crippen molar-refractivity contribution in [1.82, 2.24) is 0 Å². The lowest BCUT2D eigenvalue weighted by Crippen LogP contribution is -2.09. The van der Waals surface area contributed by atoms with Gasteiger partial charge in [0.05, 0.1) is 4.92 Å². The second-order valence-corrected chi connectivity index (χ2v) is 2.90. The highest BCUT2D eigenvalue weighted by molar-refractivity contribution is 7.75. The Morgan fingerprint density at radius 2 is 1.93 bits per heavy atom. The van der Waals surface area contributed by atoms with Gasteiger partial charge >= 0.3 is 11.4 Å². The molecule has 0 saturated heterocycles. The third-order valence-corrected chi connectivity index (χ3v) is 1.78. The topological polar surface area (TPSA) is 105 Å². The molecule has 0 aromatic heterocycles. The van der Waals surface area contributed by atoms with Crippen LogP contribution in [0.4, 0.5) is 5.69 Å². The monoisotopic (exact) mass is 218 g/mol. The summed E-state index contributed by atoms with van der Waals surface area (Å²) in [6.45, 7) is 0. The average Bonchev–Trinajstić information content (AvgIpc) is 2.18. The molecule has 0 saturated carbocycles. The third kappa shape index (κ3) is 2.76. The Morgan fingerprint density at radius 1 is 1.36 bits per heavy atom. The molecule has 7 nitrogen and oxygen atoms in total. The number of nitro groups is 1. The fourth-order valence-electron chi connectivity index (χ4n) is 0.722. The van der Waals surface area contributed by atoms with Gasteiger partial charge in [0.1, 0.15) is 5.75 Å². The van der Waals surface area contributed by atoms with Crippen LogP contribution in [0.25, 0.3) is 0 Å². The van der Waals surface area contributed by atoms with Gasteiger partial charge in [-0.2, -0.15) is 14.4 Å². The summed E-state index contributed by atoms with van der Waals surface area (Å²) in [4.78, 5) is 9.70. The summed E-state index contributed by atoms with van der Waals surface area (Å²) in [6.07, 6.45) is 0. The van der Waals surface area contributed by atoms with Crippen molar-refractivity contribution < 1.29 is 17.6 Å². The normalized spacial score (nSPS) is 12.1. The highest BCUT2D eigenvalue weighted by atomic mass is 32.2. The Bertz CT molecular complexity index is 352. The van der Waals surface area contributed by atoms with Crippen LogP contribution in [-0.2, 0) is 15.6 Å². The second kappa shape index (κ2) is 4.65. The predicted molar refractivity (Wildman–Crippen MR) is 47.1 cm³/mol. The van der Waals surface area contributed by atoms with E-state index in [9.17, 15) is 14.3 Å². The Morgan fingerprint density at radius 3 is 2.36 bits per heavy atom. The van der Waals surface area contributed by atoms with Crippen molar-refractivity contribution in [3.63, 3.8) is 0 Å². The fraction of sp³-hybridized carbons (Fsp3) is 0. The SMILES string of the molecule is NOS(=O)Oc1ccc([N+](=O)[O-])cc1. The summed E-state index contributed by atoms with van der Waals surface area (Å²) in [6, 6.07) is 5.00. The van der Waals surface area contributed by atoms with E-state index in [4.69, 9.17) is 0 Å². The minimum Gasteiger partial charge on any atom is -0.379 e. The number of benzene rings is 1. The maximum absolute atomic E-state index is 10.6. The van der Waals surface area contributed by atoms with E-state index >= 15 is 0 Å². The molecule has 0 amide bonds. The summed E-state index contributed by atoms with van der Waals surface area (Å²) in [5, 5.41) is 10.3. The van der Waals surface area contributed by atoms with Crippen molar-refractivity contribution in [2.75, 3.05) is 0 Å². The molecule has 0 radical (unpaired) electrons. The van der Waals surface area contributed by atoms with Gasteiger partial charge in [-0.25, -0.2) is 0 Å². The van der Waals surface area contributed by atoms with Crippen molar-refractivity contribution in [3.8, 4) is 5.75 Å². The Labute approximate surface area is 81.4 Å². The summed E-state index contributed by atoms with van der Waals surface area (Å²) < 4.78 is 19.1.